The average Bonchev–Trinajstić information content (AvgIpc) is 3.49. The van der Waals surface area contributed by atoms with E-state index < -0.39 is 0 Å². The molecule has 0 bridgehead atoms. The SMILES string of the molecule is Cc1ccc(-c2ccc(C(=O)Nc3ccc(Cl)c(-c4nc5cc(C(C)C)ccc5o4)c3)o2)cc1C. The highest BCUT2D eigenvalue weighted by Gasteiger charge is 2.17. The van der Waals surface area contributed by atoms with Crippen molar-refractivity contribution in [3.63, 3.8) is 0 Å². The van der Waals surface area contributed by atoms with Gasteiger partial charge in [-0.3, -0.25) is 4.79 Å². The molecule has 0 aliphatic carbocycles. The zero-order valence-electron chi connectivity index (χ0n) is 20.0. The third-order valence-electron chi connectivity index (χ3n) is 6.15. The molecule has 0 unspecified atom stereocenters. The van der Waals surface area contributed by atoms with Crippen LogP contribution in [0, 0.1) is 13.8 Å². The van der Waals surface area contributed by atoms with Crippen molar-refractivity contribution in [1.82, 2.24) is 4.98 Å². The molecule has 6 heteroatoms. The Morgan fingerprint density at radius 1 is 0.914 bits per heavy atom. The van der Waals surface area contributed by atoms with Crippen molar-refractivity contribution in [1.29, 1.82) is 0 Å². The second kappa shape index (κ2) is 9.08. The summed E-state index contributed by atoms with van der Waals surface area (Å²) >= 11 is 6.46. The number of hydrogen-bond donors (Lipinski definition) is 1. The smallest absolute Gasteiger partial charge is 0.291 e. The van der Waals surface area contributed by atoms with Crippen molar-refractivity contribution in [2.45, 2.75) is 33.6 Å². The van der Waals surface area contributed by atoms with E-state index >= 15 is 0 Å². The number of hydrogen-bond acceptors (Lipinski definition) is 4. The number of fused-ring (bicyclic) bond motifs is 1. The summed E-state index contributed by atoms with van der Waals surface area (Å²) in [7, 11) is 0. The number of carbonyl (C=O) groups is 1. The second-order valence-electron chi connectivity index (χ2n) is 9.01. The van der Waals surface area contributed by atoms with Crippen LogP contribution < -0.4 is 5.32 Å². The maximum atomic E-state index is 12.9. The number of nitrogens with one attached hydrogen (secondary N) is 1. The highest BCUT2D eigenvalue weighted by Crippen LogP contribution is 2.33. The topological polar surface area (TPSA) is 68.3 Å². The monoisotopic (exact) mass is 484 g/mol. The Bertz CT molecular complexity index is 1560. The molecule has 0 radical (unpaired) electrons. The molecular weight excluding hydrogens is 460 g/mol. The van der Waals surface area contributed by atoms with Gasteiger partial charge in [0.1, 0.15) is 11.3 Å². The highest BCUT2D eigenvalue weighted by molar-refractivity contribution is 6.33. The number of benzene rings is 3. The highest BCUT2D eigenvalue weighted by atomic mass is 35.5. The van der Waals surface area contributed by atoms with Gasteiger partial charge in [-0.2, -0.15) is 0 Å². The van der Waals surface area contributed by atoms with Gasteiger partial charge in [0, 0.05) is 11.3 Å². The first-order valence-electron chi connectivity index (χ1n) is 11.5. The zero-order valence-corrected chi connectivity index (χ0v) is 20.7. The minimum Gasteiger partial charge on any atom is -0.451 e. The maximum absolute atomic E-state index is 12.9. The Balaban J connectivity index is 1.39. The predicted molar refractivity (Wildman–Crippen MR) is 140 cm³/mol. The van der Waals surface area contributed by atoms with Crippen molar-refractivity contribution in [3.05, 3.63) is 94.2 Å². The summed E-state index contributed by atoms with van der Waals surface area (Å²) in [5.41, 5.74) is 7.09. The first-order valence-corrected chi connectivity index (χ1v) is 11.9. The van der Waals surface area contributed by atoms with Gasteiger partial charge in [0.25, 0.3) is 5.91 Å². The molecule has 0 fully saturated rings. The van der Waals surface area contributed by atoms with E-state index in [0.717, 1.165) is 11.1 Å². The van der Waals surface area contributed by atoms with Crippen molar-refractivity contribution < 1.29 is 13.6 Å². The van der Waals surface area contributed by atoms with E-state index in [1.807, 2.05) is 43.3 Å². The largest absolute Gasteiger partial charge is 0.451 e. The molecule has 2 heterocycles. The van der Waals surface area contributed by atoms with E-state index in [4.69, 9.17) is 20.4 Å². The number of rotatable bonds is 5. The summed E-state index contributed by atoms with van der Waals surface area (Å²) in [6.07, 6.45) is 0. The minimum atomic E-state index is -0.354. The third-order valence-corrected chi connectivity index (χ3v) is 6.48. The Morgan fingerprint density at radius 3 is 2.51 bits per heavy atom. The maximum Gasteiger partial charge on any atom is 0.291 e. The van der Waals surface area contributed by atoms with Gasteiger partial charge in [0.05, 0.1) is 10.6 Å². The van der Waals surface area contributed by atoms with E-state index in [0.29, 0.717) is 39.4 Å². The molecule has 2 aromatic heterocycles. The number of anilines is 1. The molecule has 1 amide bonds. The van der Waals surface area contributed by atoms with Gasteiger partial charge >= 0.3 is 0 Å². The van der Waals surface area contributed by atoms with Gasteiger partial charge in [0.15, 0.2) is 11.3 Å². The molecule has 0 saturated heterocycles. The van der Waals surface area contributed by atoms with Crippen molar-refractivity contribution >= 4 is 34.3 Å². The lowest BCUT2D eigenvalue weighted by molar-refractivity contribution is 0.0997. The molecule has 176 valence electrons. The van der Waals surface area contributed by atoms with Gasteiger partial charge in [-0.05, 0) is 85.0 Å². The van der Waals surface area contributed by atoms with E-state index in [-0.39, 0.29) is 11.7 Å². The lowest BCUT2D eigenvalue weighted by atomic mass is 10.0. The molecule has 1 N–H and O–H groups in total. The summed E-state index contributed by atoms with van der Waals surface area (Å²) < 4.78 is 11.8. The van der Waals surface area contributed by atoms with E-state index in [9.17, 15) is 4.79 Å². The number of halogens is 1. The lowest BCUT2D eigenvalue weighted by Crippen LogP contribution is -2.10. The fraction of sp³-hybridized carbons (Fsp3) is 0.172. The number of carbonyl (C=O) groups excluding carboxylic acids is 1. The standard InChI is InChI=1S/C29H25ClN2O3/c1-16(2)19-7-10-26-24(14-19)32-29(35-26)22-15-21(8-9-23(22)30)31-28(33)27-12-11-25(34-27)20-6-5-17(3)18(4)13-20/h5-16H,1-4H3,(H,31,33). The van der Waals surface area contributed by atoms with Gasteiger partial charge in [-0.15, -0.1) is 0 Å². The van der Waals surface area contributed by atoms with Crippen molar-refractivity contribution in [3.8, 4) is 22.8 Å². The number of nitrogens with zero attached hydrogens (tertiary/aromatic N) is 1. The number of oxazole rings is 1. The second-order valence-corrected chi connectivity index (χ2v) is 9.42. The normalized spacial score (nSPS) is 11.4. The van der Waals surface area contributed by atoms with Crippen LogP contribution in [0.25, 0.3) is 33.9 Å². The third kappa shape index (κ3) is 4.60. The fourth-order valence-corrected chi connectivity index (χ4v) is 4.09. The molecule has 5 aromatic rings. The first kappa shape index (κ1) is 22.9. The van der Waals surface area contributed by atoms with Gasteiger partial charge in [0.2, 0.25) is 5.89 Å². The molecule has 0 saturated carbocycles. The molecule has 0 aliphatic heterocycles. The van der Waals surface area contributed by atoms with Crippen LogP contribution >= 0.6 is 11.6 Å². The van der Waals surface area contributed by atoms with E-state index in [1.165, 1.54) is 16.7 Å². The number of aryl methyl sites for hydroxylation is 2. The summed E-state index contributed by atoms with van der Waals surface area (Å²) in [5, 5.41) is 3.36. The number of furan rings is 1. The van der Waals surface area contributed by atoms with Crippen molar-refractivity contribution in [2.24, 2.45) is 0 Å². The van der Waals surface area contributed by atoms with Gasteiger partial charge in [-0.25, -0.2) is 4.98 Å². The van der Waals surface area contributed by atoms with E-state index in [1.54, 1.807) is 30.3 Å². The van der Waals surface area contributed by atoms with Crippen molar-refractivity contribution in [2.75, 3.05) is 5.32 Å². The summed E-state index contributed by atoms with van der Waals surface area (Å²) in [6.45, 7) is 8.38. The zero-order chi connectivity index (χ0) is 24.7. The Morgan fingerprint density at radius 2 is 1.74 bits per heavy atom. The molecular formula is C29H25ClN2O3. The summed E-state index contributed by atoms with van der Waals surface area (Å²) in [4.78, 5) is 17.5. The predicted octanol–water partition coefficient (Wildman–Crippen LogP) is 8.40. The van der Waals surface area contributed by atoms with Crippen LogP contribution in [-0.4, -0.2) is 10.9 Å². The Labute approximate surface area is 208 Å². The Hall–Kier alpha value is -3.83. The van der Waals surface area contributed by atoms with Crippen LogP contribution in [0.1, 0.15) is 47.0 Å². The first-order chi connectivity index (χ1) is 16.8. The van der Waals surface area contributed by atoms with Crippen LogP contribution in [0.4, 0.5) is 5.69 Å². The molecule has 0 spiro atoms. The molecule has 5 rings (SSSR count). The van der Waals surface area contributed by atoms with E-state index in [2.05, 4.69) is 31.1 Å². The summed E-state index contributed by atoms with van der Waals surface area (Å²) in [5.74, 6) is 1.29. The number of amides is 1. The molecule has 3 aromatic carbocycles. The molecule has 5 nitrogen and oxygen atoms in total. The lowest BCUT2D eigenvalue weighted by Gasteiger charge is -2.06. The van der Waals surface area contributed by atoms with Crippen LogP contribution in [0.3, 0.4) is 0 Å². The summed E-state index contributed by atoms with van der Waals surface area (Å²) in [6, 6.07) is 20.7. The van der Waals surface area contributed by atoms with Crippen LogP contribution in [0.2, 0.25) is 5.02 Å². The molecule has 0 aliphatic rings. The van der Waals surface area contributed by atoms with Crippen LogP contribution in [0.15, 0.2) is 75.6 Å². The van der Waals surface area contributed by atoms with Gasteiger partial charge < -0.3 is 14.2 Å². The fourth-order valence-electron chi connectivity index (χ4n) is 3.89. The quantitative estimate of drug-likeness (QED) is 0.272. The van der Waals surface area contributed by atoms with Gasteiger partial charge in [-0.1, -0.05) is 43.6 Å². The van der Waals surface area contributed by atoms with Crippen LogP contribution in [-0.2, 0) is 0 Å². The number of aromatic nitrogens is 1. The average molecular weight is 485 g/mol. The Kier molecular flexibility index (Phi) is 5.95. The van der Waals surface area contributed by atoms with Crippen LogP contribution in [0.5, 0.6) is 0 Å². The molecule has 35 heavy (non-hydrogen) atoms. The minimum absolute atomic E-state index is 0.220. The molecule has 0 atom stereocenters.